The van der Waals surface area contributed by atoms with Gasteiger partial charge in [0.2, 0.25) is 0 Å². The Balaban J connectivity index is 2.62. The van der Waals surface area contributed by atoms with Crippen LogP contribution in [0.15, 0.2) is 48.5 Å². The summed E-state index contributed by atoms with van der Waals surface area (Å²) in [6, 6.07) is 16.9. The number of rotatable bonds is 1. The summed E-state index contributed by atoms with van der Waals surface area (Å²) in [6.07, 6.45) is 0. The minimum absolute atomic E-state index is 0.441. The van der Waals surface area contributed by atoms with Crippen molar-refractivity contribution >= 4 is 21.8 Å². The summed E-state index contributed by atoms with van der Waals surface area (Å²) in [5.41, 5.74) is 2.52. The molecular formula is C12H10IN2-. The quantitative estimate of drug-likeness (QED) is 0.478. The van der Waals surface area contributed by atoms with Crippen LogP contribution in [-0.4, -0.2) is 2.78 Å². The zero-order chi connectivity index (χ0) is 10.3. The standard InChI is InChI=1S/C12H10IN2/c14-13-15-11-7-3-1-5-9(11)10-6-2-4-8-12(10)15/h1-8H,14H2/q-1. The number of nitrogens with two attached hydrogens (primary N) is 1. The maximum absolute atomic E-state index is 5.90. The fourth-order valence-electron chi connectivity index (χ4n) is 1.98. The molecular weight excluding hydrogens is 299 g/mol. The van der Waals surface area contributed by atoms with Gasteiger partial charge in [-0.2, -0.15) is 0 Å². The number of hydrogen-bond donors (Lipinski definition) is 1. The molecule has 1 heterocycles. The van der Waals surface area contributed by atoms with E-state index in [4.69, 9.17) is 3.95 Å². The fourth-order valence-corrected chi connectivity index (χ4v) is 3.42. The van der Waals surface area contributed by atoms with Gasteiger partial charge in [-0.3, -0.25) is 0 Å². The van der Waals surface area contributed by atoms with Crippen LogP contribution in [0, 0.1) is 0 Å². The SMILES string of the molecule is N[I-]n1c2ccccc2c2ccccc21. The Bertz CT molecular complexity index is 574. The number of fused-ring (bicyclic) bond motifs is 3. The summed E-state index contributed by atoms with van der Waals surface area (Å²) < 4.78 is 8.15. The van der Waals surface area contributed by atoms with Crippen molar-refractivity contribution in [3.63, 3.8) is 0 Å². The molecule has 0 saturated carbocycles. The van der Waals surface area contributed by atoms with Crippen molar-refractivity contribution < 1.29 is 21.8 Å². The molecule has 3 aromatic rings. The van der Waals surface area contributed by atoms with E-state index in [0.29, 0.717) is 0 Å². The second kappa shape index (κ2) is 3.50. The van der Waals surface area contributed by atoms with Crippen molar-refractivity contribution in [1.82, 2.24) is 2.78 Å². The van der Waals surface area contributed by atoms with E-state index in [0.717, 1.165) is 0 Å². The number of halogens is 1. The van der Waals surface area contributed by atoms with Gasteiger partial charge in [0.1, 0.15) is 0 Å². The molecule has 0 bridgehead atoms. The zero-order valence-electron chi connectivity index (χ0n) is 8.02. The van der Waals surface area contributed by atoms with Gasteiger partial charge in [0.05, 0.1) is 0 Å². The van der Waals surface area contributed by atoms with Crippen LogP contribution in [0.3, 0.4) is 0 Å². The van der Waals surface area contributed by atoms with Crippen LogP contribution in [0.4, 0.5) is 0 Å². The first-order valence-electron chi connectivity index (χ1n) is 4.74. The molecule has 0 spiro atoms. The molecule has 2 nitrogen and oxygen atoms in total. The van der Waals surface area contributed by atoms with E-state index in [2.05, 4.69) is 51.3 Å². The molecule has 0 radical (unpaired) electrons. The summed E-state index contributed by atoms with van der Waals surface area (Å²) >= 11 is -0.441. The van der Waals surface area contributed by atoms with Gasteiger partial charge in [0.15, 0.2) is 0 Å². The van der Waals surface area contributed by atoms with Crippen LogP contribution in [-0.2, 0) is 0 Å². The monoisotopic (exact) mass is 309 g/mol. The molecule has 0 unspecified atom stereocenters. The van der Waals surface area contributed by atoms with Crippen molar-refractivity contribution in [3.8, 4) is 0 Å². The van der Waals surface area contributed by atoms with Gasteiger partial charge in [0, 0.05) is 0 Å². The molecule has 1 aromatic heterocycles. The van der Waals surface area contributed by atoms with Crippen molar-refractivity contribution in [2.24, 2.45) is 3.95 Å². The Morgan fingerprint density at radius 2 is 1.27 bits per heavy atom. The molecule has 0 saturated heterocycles. The van der Waals surface area contributed by atoms with Crippen LogP contribution in [0.1, 0.15) is 0 Å². The number of para-hydroxylation sites is 2. The first kappa shape index (κ1) is 9.18. The van der Waals surface area contributed by atoms with Gasteiger partial charge in [-0.25, -0.2) is 0 Å². The fraction of sp³-hybridized carbons (Fsp3) is 0. The molecule has 3 rings (SSSR count). The summed E-state index contributed by atoms with van der Waals surface area (Å²) in [7, 11) is 0. The summed E-state index contributed by atoms with van der Waals surface area (Å²) in [5, 5.41) is 2.61. The van der Waals surface area contributed by atoms with Gasteiger partial charge in [-0.05, 0) is 0 Å². The van der Waals surface area contributed by atoms with Gasteiger partial charge in [-0.15, -0.1) is 0 Å². The van der Waals surface area contributed by atoms with E-state index in [-0.39, 0.29) is 0 Å². The van der Waals surface area contributed by atoms with E-state index in [1.807, 2.05) is 0 Å². The van der Waals surface area contributed by atoms with E-state index in [9.17, 15) is 0 Å². The zero-order valence-corrected chi connectivity index (χ0v) is 10.2. The number of benzene rings is 2. The number of aromatic nitrogens is 1. The minimum atomic E-state index is -0.441. The molecule has 3 heteroatoms. The van der Waals surface area contributed by atoms with Crippen molar-refractivity contribution in [2.45, 2.75) is 0 Å². The Labute approximate surface area is 98.7 Å². The first-order valence-corrected chi connectivity index (χ1v) is 6.95. The average molecular weight is 309 g/mol. The predicted molar refractivity (Wildman–Crippen MR) is 59.0 cm³/mol. The van der Waals surface area contributed by atoms with Crippen LogP contribution in [0.5, 0.6) is 0 Å². The van der Waals surface area contributed by atoms with Crippen LogP contribution < -0.4 is 25.7 Å². The van der Waals surface area contributed by atoms with Gasteiger partial charge >= 0.3 is 98.8 Å². The third-order valence-corrected chi connectivity index (χ3v) is 4.22. The van der Waals surface area contributed by atoms with Crippen molar-refractivity contribution in [1.29, 1.82) is 0 Å². The second-order valence-electron chi connectivity index (χ2n) is 3.41. The summed E-state index contributed by atoms with van der Waals surface area (Å²) in [4.78, 5) is 0. The van der Waals surface area contributed by atoms with Gasteiger partial charge in [-0.1, -0.05) is 0 Å². The first-order chi connectivity index (χ1) is 7.42. The van der Waals surface area contributed by atoms with Crippen molar-refractivity contribution in [2.75, 3.05) is 0 Å². The molecule has 0 fully saturated rings. The summed E-state index contributed by atoms with van der Waals surface area (Å²) in [6.45, 7) is 0. The topological polar surface area (TPSA) is 30.9 Å². The molecule has 2 N–H and O–H groups in total. The number of nitrogens with zero attached hydrogens (tertiary/aromatic N) is 1. The molecule has 0 aliphatic rings. The average Bonchev–Trinajstić information content (AvgIpc) is 2.63. The molecule has 0 aliphatic carbocycles. The van der Waals surface area contributed by atoms with Crippen LogP contribution >= 0.6 is 0 Å². The predicted octanol–water partition coefficient (Wildman–Crippen LogP) is -0.480. The third kappa shape index (κ3) is 1.27. The van der Waals surface area contributed by atoms with E-state index < -0.39 is 21.8 Å². The van der Waals surface area contributed by atoms with E-state index in [1.165, 1.54) is 21.8 Å². The Morgan fingerprint density at radius 1 is 0.800 bits per heavy atom. The normalized spacial score (nSPS) is 11.5. The van der Waals surface area contributed by atoms with Crippen LogP contribution in [0.2, 0.25) is 0 Å². The molecule has 2 aromatic carbocycles. The van der Waals surface area contributed by atoms with E-state index >= 15 is 0 Å². The number of hydrogen-bond acceptors (Lipinski definition) is 1. The van der Waals surface area contributed by atoms with E-state index in [1.54, 1.807) is 0 Å². The maximum atomic E-state index is 5.90. The third-order valence-electron chi connectivity index (χ3n) is 2.62. The van der Waals surface area contributed by atoms with Crippen LogP contribution in [0.25, 0.3) is 21.8 Å². The Morgan fingerprint density at radius 3 is 1.73 bits per heavy atom. The molecule has 76 valence electrons. The van der Waals surface area contributed by atoms with Crippen molar-refractivity contribution in [3.05, 3.63) is 48.5 Å². The second-order valence-corrected chi connectivity index (χ2v) is 4.93. The van der Waals surface area contributed by atoms with Gasteiger partial charge in [0.25, 0.3) is 0 Å². The molecule has 0 atom stereocenters. The molecule has 0 amide bonds. The Hall–Kier alpha value is -1.07. The molecule has 15 heavy (non-hydrogen) atoms. The van der Waals surface area contributed by atoms with Gasteiger partial charge < -0.3 is 0 Å². The molecule has 0 aliphatic heterocycles. The Kier molecular flexibility index (Phi) is 2.14. The summed E-state index contributed by atoms with van der Waals surface area (Å²) in [5.74, 6) is 0.